The third-order valence-electron chi connectivity index (χ3n) is 30.2. The van der Waals surface area contributed by atoms with Gasteiger partial charge in [-0.05, 0) is 128 Å². The van der Waals surface area contributed by atoms with Crippen LogP contribution >= 0.6 is 46.6 Å². The molecule has 668 valence electrons. The SMILES string of the molecule is C.CC(=O)O[C@@]12CO[C@@H]1CC[C@@]1(C)C(=O)[C@H](O)C3=C(C)C(O)C[C@@](O)([C@@H](OC(=O)c4ccccc4)[C@H]21)C3(C)C.CC(=O)O[C@@]12CO[C@@H]1C[C@H](O)[C@@]1(C)C(=O)[C@H](O)C3=C(C)C(O)C[C@@](O)(C(OC(=O)c4ccccc4)[C@H]21)C3(C)C.CI.CSC(=S)[C@H]1C[C@H]2OC[C@@]2(OC(C)=O)[C@H]2[C@H](OC(=O)c3ccccc3)[C@]3(O)CC(O)C(C)=C([C@@H](O)C(=O)[C@]12C)C3(C)C. The number of thioether (sulfide) groups is 1. The molecule has 31 heteroatoms. The number of ketones is 3. The van der Waals surface area contributed by atoms with Crippen LogP contribution in [0, 0.1) is 56.2 Å². The molecule has 3 aromatic rings. The molecule has 122 heavy (non-hydrogen) atoms. The van der Waals surface area contributed by atoms with E-state index in [0.29, 0.717) is 27.3 Å². The number of rotatable bonds is 10. The van der Waals surface area contributed by atoms with Crippen LogP contribution in [0.3, 0.4) is 0 Å². The number of hydrogen-bond acceptors (Lipinski definition) is 30. The van der Waals surface area contributed by atoms with E-state index in [1.807, 2.05) is 4.93 Å². The van der Waals surface area contributed by atoms with Crippen LogP contribution in [0.5, 0.6) is 0 Å². The average Bonchev–Trinajstić information content (AvgIpc) is 0.572. The Labute approximate surface area is 733 Å². The summed E-state index contributed by atoms with van der Waals surface area (Å²) in [6.45, 7) is 22.9. The van der Waals surface area contributed by atoms with Crippen LogP contribution in [0.1, 0.15) is 187 Å². The van der Waals surface area contributed by atoms with Crippen LogP contribution in [0.25, 0.3) is 0 Å². The van der Waals surface area contributed by atoms with Crippen molar-refractivity contribution >= 4 is 104 Å². The van der Waals surface area contributed by atoms with E-state index < -0.39 is 222 Å². The molecule has 15 rings (SSSR count). The van der Waals surface area contributed by atoms with Gasteiger partial charge in [-0.2, -0.15) is 0 Å². The van der Waals surface area contributed by atoms with Crippen molar-refractivity contribution in [1.29, 1.82) is 0 Å². The summed E-state index contributed by atoms with van der Waals surface area (Å²) in [7, 11) is 0. The number of hydrogen-bond donors (Lipinski definition) is 10. The average molecular weight is 1850 g/mol. The quantitative estimate of drug-likeness (QED) is 0.0230. The molecule has 4 unspecified atom stereocenters. The second-order valence-corrected chi connectivity index (χ2v) is 38.6. The molecule has 0 spiro atoms. The molecular weight excluding hydrogens is 1730 g/mol. The molecule has 12 aliphatic rings. The molecule has 3 heterocycles. The van der Waals surface area contributed by atoms with Crippen molar-refractivity contribution in [1.82, 2.24) is 0 Å². The first-order chi connectivity index (χ1) is 56.4. The highest BCUT2D eigenvalue weighted by Gasteiger charge is 2.82. The Kier molecular flexibility index (Phi) is 26.6. The van der Waals surface area contributed by atoms with Gasteiger partial charge < -0.3 is 93.7 Å². The molecule has 6 saturated carbocycles. The summed E-state index contributed by atoms with van der Waals surface area (Å²) in [6, 6.07) is 24.6. The fraction of sp³-hybridized carbons (Fsp3) is 0.626. The van der Waals surface area contributed by atoms with Crippen molar-refractivity contribution < 1.29 is 137 Å². The number of Topliss-reactive ketones (excluding diaryl/α,β-unsaturated/α-hetero) is 3. The molecular formula is C91H117IO28S2. The molecule has 6 bridgehead atoms. The molecule has 0 radical (unpaired) electrons. The smallest absolute Gasteiger partial charge is 0.338 e. The van der Waals surface area contributed by atoms with E-state index in [2.05, 4.69) is 22.6 Å². The Morgan fingerprint density at radius 3 is 1.06 bits per heavy atom. The minimum absolute atomic E-state index is 0. The summed E-state index contributed by atoms with van der Waals surface area (Å²) < 4.78 is 54.4. The lowest BCUT2D eigenvalue weighted by molar-refractivity contribution is -0.345. The number of carbonyl (C=O) groups excluding carboxylic acids is 9. The third kappa shape index (κ3) is 14.3. The lowest BCUT2D eigenvalue weighted by Gasteiger charge is -2.68. The van der Waals surface area contributed by atoms with Gasteiger partial charge >= 0.3 is 35.8 Å². The van der Waals surface area contributed by atoms with Gasteiger partial charge in [-0.15, -0.1) is 11.8 Å². The second kappa shape index (κ2) is 33.9. The first-order valence-electron chi connectivity index (χ1n) is 40.8. The number of thiocarbonyl (C=S) groups is 1. The van der Waals surface area contributed by atoms with E-state index in [-0.39, 0.29) is 99.2 Å². The number of aliphatic hydroxyl groups is 10. The highest BCUT2D eigenvalue weighted by atomic mass is 127. The van der Waals surface area contributed by atoms with Crippen molar-refractivity contribution in [3.05, 3.63) is 141 Å². The van der Waals surface area contributed by atoms with Gasteiger partial charge in [-0.25, -0.2) is 14.4 Å². The fourth-order valence-corrected chi connectivity index (χ4v) is 24.5. The van der Waals surface area contributed by atoms with Crippen molar-refractivity contribution in [3.8, 4) is 0 Å². The summed E-state index contributed by atoms with van der Waals surface area (Å²) in [5, 5.41) is 118. The Morgan fingerprint density at radius 2 is 0.746 bits per heavy atom. The third-order valence-corrected chi connectivity index (χ3v) is 31.7. The van der Waals surface area contributed by atoms with Crippen LogP contribution in [0.2, 0.25) is 0 Å². The molecule has 9 fully saturated rings. The largest absolute Gasteiger partial charge is 0.455 e. The molecule has 26 atom stereocenters. The van der Waals surface area contributed by atoms with Gasteiger partial charge in [0.15, 0.2) is 34.2 Å². The maximum atomic E-state index is 14.8. The topological polar surface area (TPSA) is 439 Å². The molecule has 0 amide bonds. The van der Waals surface area contributed by atoms with Gasteiger partial charge in [0.1, 0.15) is 71.7 Å². The maximum Gasteiger partial charge on any atom is 0.338 e. The Bertz CT molecular complexity index is 4740. The van der Waals surface area contributed by atoms with Gasteiger partial charge in [0, 0.05) is 79.4 Å². The lowest BCUT2D eigenvalue weighted by Crippen LogP contribution is -2.81. The normalized spacial score (nSPS) is 40.6. The van der Waals surface area contributed by atoms with E-state index in [4.69, 9.17) is 54.8 Å². The summed E-state index contributed by atoms with van der Waals surface area (Å²) in [4.78, 5) is 124. The molecule has 3 aliphatic heterocycles. The molecule has 28 nitrogen and oxygen atoms in total. The Balaban J connectivity index is 0.000000176. The number of esters is 6. The molecule has 3 aromatic carbocycles. The van der Waals surface area contributed by atoms with Gasteiger partial charge in [-0.1, -0.05) is 152 Å². The van der Waals surface area contributed by atoms with Crippen LogP contribution in [-0.2, 0) is 71.4 Å². The highest BCUT2D eigenvalue weighted by Crippen LogP contribution is 2.69. The van der Waals surface area contributed by atoms with E-state index in [0.717, 1.165) is 0 Å². The van der Waals surface area contributed by atoms with Crippen LogP contribution in [0.15, 0.2) is 124 Å². The van der Waals surface area contributed by atoms with Crippen molar-refractivity contribution in [3.63, 3.8) is 0 Å². The van der Waals surface area contributed by atoms with Gasteiger partial charge in [0.05, 0.1) is 88.3 Å². The first kappa shape index (κ1) is 96.0. The van der Waals surface area contributed by atoms with E-state index in [9.17, 15) is 94.2 Å². The van der Waals surface area contributed by atoms with Gasteiger partial charge in [0.25, 0.3) is 0 Å². The van der Waals surface area contributed by atoms with Gasteiger partial charge in [0.2, 0.25) is 0 Å². The van der Waals surface area contributed by atoms with Crippen LogP contribution in [0.4, 0.5) is 0 Å². The zero-order valence-corrected chi connectivity index (χ0v) is 74.9. The number of benzene rings is 3. The van der Waals surface area contributed by atoms with Crippen molar-refractivity contribution in [2.45, 2.75) is 269 Å². The standard InChI is InChI=1S/C31H38O9S2.C29H36O10.C29H36O9.CH3I.CH4/c1-15-19(33)13-31(37)25(39-26(36)17-10-8-7-9-11-17)23-29(5,24(35)22(34)21(15)28(31,3)4)18(27(41)42-6)12-20-30(23,14-38-20)40-16(2)32;1-14-17(31)12-29(36)24(38-25(35)16-9-7-6-8-10-16)22-27(5,23(34)21(33)20(14)26(29,3)4)18(32)11-19-28(22,13-37-19)39-15(2)30;1-15-18(31)13-29(35)24(37-25(34)17-9-7-6-8-10-17)22-27(5,23(33)21(32)20(15)26(29,3)4)12-11-19-28(22,14-36-19)38-16(2)30;1-2;/h7-11,18-20,22-23,25,33-34,37H,12-14H2,1-6H3;6-10,17-19,21-22,24,31-33,36H,11-13H2,1-5H3;6-10,18-19,21-22,24,31-32,35H,11-14H2,1-5H3;1H3;1H4/t18-,19?,20-,22-,23+,25+,29-,30+,31-;17?,18-,19+,21+,22-,24?,27+,28-,29+;18?,19-,21-,22+,24+,27-,28+,29-;;/m101../s1. The van der Waals surface area contributed by atoms with E-state index >= 15 is 0 Å². The molecule has 9 aliphatic carbocycles. The monoisotopic (exact) mass is 1850 g/mol. The summed E-state index contributed by atoms with van der Waals surface area (Å²) in [5.41, 5.74) is -17.0. The number of carbonyl (C=O) groups is 9. The fourth-order valence-electron chi connectivity index (χ4n) is 23.5. The number of halogens is 1. The van der Waals surface area contributed by atoms with E-state index in [1.54, 1.807) is 161 Å². The van der Waals surface area contributed by atoms with Crippen LogP contribution < -0.4 is 0 Å². The zero-order valence-electron chi connectivity index (χ0n) is 71.1. The number of aliphatic hydroxyl groups excluding tert-OH is 7. The second-order valence-electron chi connectivity index (χ2n) is 37.0. The molecule has 0 aromatic heterocycles. The predicted molar refractivity (Wildman–Crippen MR) is 454 cm³/mol. The van der Waals surface area contributed by atoms with Crippen molar-refractivity contribution in [2.75, 3.05) is 31.0 Å². The minimum atomic E-state index is -2.07. The van der Waals surface area contributed by atoms with E-state index in [1.165, 1.54) is 51.6 Å². The number of fused-ring (bicyclic) bond motifs is 15. The lowest BCUT2D eigenvalue weighted by atomic mass is 9.43. The Morgan fingerprint density at radius 1 is 0.451 bits per heavy atom. The number of ether oxygens (including phenoxy) is 9. The summed E-state index contributed by atoms with van der Waals surface area (Å²) >= 11 is 9.22. The zero-order chi connectivity index (χ0) is 89.5. The predicted octanol–water partition coefficient (Wildman–Crippen LogP) is 7.91. The highest BCUT2D eigenvalue weighted by molar-refractivity contribution is 14.1. The molecule has 10 N–H and O–H groups in total. The summed E-state index contributed by atoms with van der Waals surface area (Å²) in [6.07, 6.45) is -15.0. The van der Waals surface area contributed by atoms with Gasteiger partial charge in [-0.3, -0.25) is 28.8 Å². The van der Waals surface area contributed by atoms with Crippen LogP contribution in [-0.4, -0.2) is 252 Å². The minimum Gasteiger partial charge on any atom is -0.455 e. The Hall–Kier alpha value is -6.64. The maximum absolute atomic E-state index is 14.8. The summed E-state index contributed by atoms with van der Waals surface area (Å²) in [5.74, 6) is -10.4. The first-order valence-corrected chi connectivity index (χ1v) is 44.6. The molecule has 3 saturated heterocycles. The number of alkyl halides is 1. The van der Waals surface area contributed by atoms with Crippen molar-refractivity contribution in [2.24, 2.45) is 56.2 Å².